The molecule has 1 aliphatic heterocycles. The number of rotatable bonds is 68. The molecule has 0 spiro atoms. The van der Waals surface area contributed by atoms with Crippen LogP contribution in [0.25, 0.3) is 0 Å². The van der Waals surface area contributed by atoms with Gasteiger partial charge in [-0.05, 0) is 83.5 Å². The van der Waals surface area contributed by atoms with Gasteiger partial charge < -0.3 is 50.5 Å². The lowest BCUT2D eigenvalue weighted by Gasteiger charge is -2.40. The van der Waals surface area contributed by atoms with Crippen LogP contribution in [0.3, 0.4) is 0 Å². The monoisotopic (exact) mass is 1260 g/mol. The molecule has 11 nitrogen and oxygen atoms in total. The van der Waals surface area contributed by atoms with Crippen LogP contribution in [0, 0.1) is 0 Å². The Morgan fingerprint density at radius 1 is 0.393 bits per heavy atom. The van der Waals surface area contributed by atoms with Crippen LogP contribution in [0.15, 0.2) is 48.6 Å². The van der Waals surface area contributed by atoms with E-state index in [9.17, 15) is 40.5 Å². The molecule has 0 aromatic carbocycles. The van der Waals surface area contributed by atoms with Crippen LogP contribution in [-0.4, -0.2) is 110 Å². The van der Waals surface area contributed by atoms with E-state index < -0.39 is 74.2 Å². The highest BCUT2D eigenvalue weighted by atomic mass is 16.7. The minimum atomic E-state index is -1.67. The van der Waals surface area contributed by atoms with Gasteiger partial charge in [0, 0.05) is 0 Å². The Kier molecular flexibility index (Phi) is 63.2. The molecule has 89 heavy (non-hydrogen) atoms. The van der Waals surface area contributed by atoms with E-state index in [2.05, 4.69) is 67.8 Å². The molecule has 0 aromatic heterocycles. The lowest BCUT2D eigenvalue weighted by atomic mass is 9.98. The van der Waals surface area contributed by atoms with Crippen LogP contribution >= 0.6 is 0 Å². The molecule has 0 radical (unpaired) electrons. The molecule has 1 saturated heterocycles. The van der Waals surface area contributed by atoms with E-state index in [1.165, 1.54) is 283 Å². The third-order valence-corrected chi connectivity index (χ3v) is 18.6. The second-order valence-electron chi connectivity index (χ2n) is 27.1. The van der Waals surface area contributed by atoms with Crippen molar-refractivity contribution in [1.29, 1.82) is 0 Å². The van der Waals surface area contributed by atoms with Crippen LogP contribution in [0.4, 0.5) is 0 Å². The molecule has 9 unspecified atom stereocenters. The van der Waals surface area contributed by atoms with E-state index >= 15 is 0 Å². The number of aliphatic hydroxyl groups excluding tert-OH is 7. The standard InChI is InChI=1S/C78H147NO10/c1-3-5-7-9-11-13-15-17-19-21-23-25-27-29-31-32-33-34-35-36-37-38-39-40-42-44-46-48-50-52-54-56-58-60-62-64-66-71(82)77(87)79-69(68-88-78-76(86)75(85)74(84)72(67-80)89-78)73(83)70(81)65-63-61-59-57-55-53-51-49-47-45-43-41-30-28-26-24-22-20-18-16-14-12-10-8-6-4-2/h31-32,34-35,49,51,57,59,69-76,78,80-86H,3-30,33,36-48,50,52-56,58,60-68H2,1-2H3,(H,79,87)/b32-31-,35-34-,51-49+,59-57+. The molecule has 1 aliphatic rings. The first-order valence-corrected chi connectivity index (χ1v) is 38.5. The Bertz CT molecular complexity index is 1590. The fourth-order valence-corrected chi connectivity index (χ4v) is 12.4. The summed E-state index contributed by atoms with van der Waals surface area (Å²) in [5.74, 6) is -0.706. The topological polar surface area (TPSA) is 189 Å². The van der Waals surface area contributed by atoms with Gasteiger partial charge in [0.25, 0.3) is 0 Å². The number of carbonyl (C=O) groups is 1. The summed E-state index contributed by atoms with van der Waals surface area (Å²) in [7, 11) is 0. The van der Waals surface area contributed by atoms with Crippen LogP contribution in [0.2, 0.25) is 0 Å². The number of nitrogens with one attached hydrogen (secondary N) is 1. The summed E-state index contributed by atoms with van der Waals surface area (Å²) >= 11 is 0. The van der Waals surface area contributed by atoms with Crippen LogP contribution in [0.1, 0.15) is 373 Å². The lowest BCUT2D eigenvalue weighted by Crippen LogP contribution is -2.60. The lowest BCUT2D eigenvalue weighted by molar-refractivity contribution is -0.303. The second-order valence-corrected chi connectivity index (χ2v) is 27.1. The van der Waals surface area contributed by atoms with E-state index in [0.29, 0.717) is 19.3 Å². The van der Waals surface area contributed by atoms with Gasteiger partial charge in [-0.15, -0.1) is 0 Å². The largest absolute Gasteiger partial charge is 0.394 e. The van der Waals surface area contributed by atoms with Crippen molar-refractivity contribution in [1.82, 2.24) is 5.32 Å². The summed E-state index contributed by atoms with van der Waals surface area (Å²) in [6.07, 6.45) is 76.5. The maximum atomic E-state index is 13.3. The highest BCUT2D eigenvalue weighted by Gasteiger charge is 2.44. The first kappa shape index (κ1) is 85.1. The molecular weight excluding hydrogens is 1110 g/mol. The summed E-state index contributed by atoms with van der Waals surface area (Å²) in [6, 6.07) is -1.19. The van der Waals surface area contributed by atoms with Crippen molar-refractivity contribution >= 4 is 5.91 Å². The van der Waals surface area contributed by atoms with Crippen molar-refractivity contribution in [3.63, 3.8) is 0 Å². The molecule has 9 atom stereocenters. The molecule has 1 fully saturated rings. The Hall–Kier alpha value is -1.93. The summed E-state index contributed by atoms with van der Waals surface area (Å²) in [6.45, 7) is 3.50. The summed E-state index contributed by atoms with van der Waals surface area (Å²) in [5.41, 5.74) is 0. The molecule has 0 aromatic rings. The Balaban J connectivity index is 2.17. The van der Waals surface area contributed by atoms with Crippen molar-refractivity contribution in [2.75, 3.05) is 13.2 Å². The van der Waals surface area contributed by atoms with E-state index in [4.69, 9.17) is 9.47 Å². The summed E-state index contributed by atoms with van der Waals surface area (Å²) in [4.78, 5) is 13.3. The molecule has 1 rings (SSSR count). The summed E-state index contributed by atoms with van der Waals surface area (Å²) in [5, 5.41) is 76.6. The maximum absolute atomic E-state index is 13.3. The number of hydrogen-bond acceptors (Lipinski definition) is 10. The van der Waals surface area contributed by atoms with Gasteiger partial charge in [-0.2, -0.15) is 0 Å². The fraction of sp³-hybridized carbons (Fsp3) is 0.885. The van der Waals surface area contributed by atoms with Crippen molar-refractivity contribution < 1.29 is 50.0 Å². The summed E-state index contributed by atoms with van der Waals surface area (Å²) < 4.78 is 11.2. The Morgan fingerprint density at radius 2 is 0.708 bits per heavy atom. The number of ether oxygens (including phenoxy) is 2. The third kappa shape index (κ3) is 53.1. The molecule has 8 N–H and O–H groups in total. The van der Waals surface area contributed by atoms with Gasteiger partial charge >= 0.3 is 0 Å². The minimum Gasteiger partial charge on any atom is -0.394 e. The van der Waals surface area contributed by atoms with Gasteiger partial charge in [0.1, 0.15) is 36.6 Å². The normalized spacial score (nSPS) is 18.8. The van der Waals surface area contributed by atoms with Crippen molar-refractivity contribution in [2.45, 2.75) is 428 Å². The molecule has 1 heterocycles. The smallest absolute Gasteiger partial charge is 0.249 e. The average molecular weight is 1260 g/mol. The highest BCUT2D eigenvalue weighted by molar-refractivity contribution is 5.80. The van der Waals surface area contributed by atoms with Gasteiger partial charge in [-0.3, -0.25) is 4.79 Å². The average Bonchev–Trinajstić information content (AvgIpc) is 1.73. The Labute approximate surface area is 549 Å². The quantitative estimate of drug-likeness (QED) is 0.0215. The van der Waals surface area contributed by atoms with E-state index in [1.54, 1.807) is 0 Å². The van der Waals surface area contributed by atoms with Crippen molar-refractivity contribution in [3.05, 3.63) is 48.6 Å². The predicted molar refractivity (Wildman–Crippen MR) is 376 cm³/mol. The molecule has 524 valence electrons. The fourth-order valence-electron chi connectivity index (χ4n) is 12.4. The molecule has 0 aliphatic carbocycles. The molecule has 11 heteroatoms. The maximum Gasteiger partial charge on any atom is 0.249 e. The van der Waals surface area contributed by atoms with Gasteiger partial charge in [0.2, 0.25) is 5.91 Å². The highest BCUT2D eigenvalue weighted by Crippen LogP contribution is 2.24. The molecule has 0 bridgehead atoms. The van der Waals surface area contributed by atoms with Crippen LogP contribution < -0.4 is 5.32 Å². The third-order valence-electron chi connectivity index (χ3n) is 18.6. The zero-order valence-electron chi connectivity index (χ0n) is 58.2. The number of unbranched alkanes of at least 4 members (excludes halogenated alkanes) is 48. The van der Waals surface area contributed by atoms with Crippen molar-refractivity contribution in [3.8, 4) is 0 Å². The first-order chi connectivity index (χ1) is 43.7. The van der Waals surface area contributed by atoms with Gasteiger partial charge in [0.05, 0.1) is 25.4 Å². The number of carbonyl (C=O) groups excluding carboxylic acids is 1. The first-order valence-electron chi connectivity index (χ1n) is 38.5. The zero-order valence-corrected chi connectivity index (χ0v) is 58.2. The molecule has 0 saturated carbocycles. The SMILES string of the molecule is CCCCCCCCCCCCCCC/C=C\C/C=C\CCCCCCCCCCCCCCCCCCC(O)C(=O)NC(COC1OC(CO)C(O)C(O)C1O)C(O)C(O)CCC/C=C/CC/C=C/CCCCCCCCCCCCCCCCCCC. The minimum absolute atomic E-state index is 0.247. The van der Waals surface area contributed by atoms with Crippen LogP contribution in [0.5, 0.6) is 0 Å². The number of aliphatic hydroxyl groups is 7. The van der Waals surface area contributed by atoms with Gasteiger partial charge in [0.15, 0.2) is 6.29 Å². The number of hydrogen-bond donors (Lipinski definition) is 8. The van der Waals surface area contributed by atoms with Gasteiger partial charge in [-0.1, -0.05) is 339 Å². The zero-order chi connectivity index (χ0) is 64.6. The Morgan fingerprint density at radius 3 is 1.07 bits per heavy atom. The van der Waals surface area contributed by atoms with E-state index in [0.717, 1.165) is 44.9 Å². The van der Waals surface area contributed by atoms with E-state index in [1.807, 2.05) is 0 Å². The predicted octanol–water partition coefficient (Wildman–Crippen LogP) is 19.5. The van der Waals surface area contributed by atoms with Gasteiger partial charge in [-0.25, -0.2) is 0 Å². The number of amides is 1. The van der Waals surface area contributed by atoms with Crippen molar-refractivity contribution in [2.24, 2.45) is 0 Å². The van der Waals surface area contributed by atoms with E-state index in [-0.39, 0.29) is 12.8 Å². The molecule has 1 amide bonds. The van der Waals surface area contributed by atoms with Crippen LogP contribution in [-0.2, 0) is 14.3 Å². The molecular formula is C78H147NO10. The number of allylic oxidation sites excluding steroid dienone is 8. The second kappa shape index (κ2) is 66.1.